The maximum absolute atomic E-state index is 6.13. The van der Waals surface area contributed by atoms with Crippen molar-refractivity contribution in [3.63, 3.8) is 0 Å². The average Bonchev–Trinajstić information content (AvgIpc) is 2.67. The number of nitrogens with zero attached hydrogens (tertiary/aromatic N) is 2. The summed E-state index contributed by atoms with van der Waals surface area (Å²) in [6, 6.07) is 10.1. The number of fused-ring (bicyclic) bond motifs is 1. The Bertz CT molecular complexity index is 562. The zero-order valence-corrected chi connectivity index (χ0v) is 11.8. The van der Waals surface area contributed by atoms with E-state index in [1.807, 2.05) is 42.1 Å². The van der Waals surface area contributed by atoms with Crippen LogP contribution < -0.4 is 5.73 Å². The molecule has 2 heterocycles. The lowest BCUT2D eigenvalue weighted by Gasteiger charge is -2.19. The van der Waals surface area contributed by atoms with Gasteiger partial charge in [0.15, 0.2) is 0 Å². The summed E-state index contributed by atoms with van der Waals surface area (Å²) in [5.41, 5.74) is 9.06. The van der Waals surface area contributed by atoms with Crippen LogP contribution in [-0.4, -0.2) is 34.5 Å². The monoisotopic (exact) mass is 273 g/mol. The highest BCUT2D eigenvalue weighted by atomic mass is 32.2. The van der Waals surface area contributed by atoms with Crippen molar-refractivity contribution < 1.29 is 0 Å². The molecule has 1 aromatic heterocycles. The SMILES string of the molecule is Nc1cc(CN2CCCSCC2)nc2ccccc12. The van der Waals surface area contributed by atoms with Gasteiger partial charge in [0, 0.05) is 29.9 Å². The van der Waals surface area contributed by atoms with Gasteiger partial charge in [0.2, 0.25) is 0 Å². The van der Waals surface area contributed by atoms with Gasteiger partial charge in [0.25, 0.3) is 0 Å². The number of anilines is 1. The lowest BCUT2D eigenvalue weighted by molar-refractivity contribution is 0.284. The van der Waals surface area contributed by atoms with Gasteiger partial charge in [-0.3, -0.25) is 9.88 Å². The van der Waals surface area contributed by atoms with Crippen molar-refractivity contribution in [1.82, 2.24) is 9.88 Å². The van der Waals surface area contributed by atoms with Gasteiger partial charge in [0.05, 0.1) is 11.2 Å². The largest absolute Gasteiger partial charge is 0.398 e. The Labute approximate surface area is 118 Å². The molecule has 19 heavy (non-hydrogen) atoms. The standard InChI is InChI=1S/C15H19N3S/c16-14-10-12(11-18-6-3-8-19-9-7-18)17-15-5-2-1-4-13(14)15/h1-2,4-5,10H,3,6-9,11H2,(H2,16,17). The van der Waals surface area contributed by atoms with Gasteiger partial charge in [-0.05, 0) is 30.9 Å². The lowest BCUT2D eigenvalue weighted by Crippen LogP contribution is -2.26. The quantitative estimate of drug-likeness (QED) is 0.913. The molecule has 2 N–H and O–H groups in total. The highest BCUT2D eigenvalue weighted by molar-refractivity contribution is 7.99. The minimum atomic E-state index is 0.838. The van der Waals surface area contributed by atoms with E-state index in [-0.39, 0.29) is 0 Å². The zero-order valence-electron chi connectivity index (χ0n) is 11.0. The molecule has 1 saturated heterocycles. The molecule has 0 radical (unpaired) electrons. The fraction of sp³-hybridized carbons (Fsp3) is 0.400. The topological polar surface area (TPSA) is 42.1 Å². The molecule has 0 amide bonds. The second-order valence-electron chi connectivity index (χ2n) is 4.96. The summed E-state index contributed by atoms with van der Waals surface area (Å²) in [6.07, 6.45) is 1.27. The molecule has 100 valence electrons. The average molecular weight is 273 g/mol. The lowest BCUT2D eigenvalue weighted by atomic mass is 10.1. The molecule has 4 heteroatoms. The second kappa shape index (κ2) is 5.80. The van der Waals surface area contributed by atoms with E-state index in [4.69, 9.17) is 10.7 Å². The first kappa shape index (κ1) is 12.8. The number of benzene rings is 1. The van der Waals surface area contributed by atoms with Crippen LogP contribution >= 0.6 is 11.8 Å². The van der Waals surface area contributed by atoms with Crippen LogP contribution in [0.3, 0.4) is 0 Å². The third-order valence-corrected chi connectivity index (χ3v) is 4.55. The van der Waals surface area contributed by atoms with Crippen LogP contribution in [0.5, 0.6) is 0 Å². The van der Waals surface area contributed by atoms with Crippen molar-refractivity contribution in [1.29, 1.82) is 0 Å². The number of nitrogen functional groups attached to an aromatic ring is 1. The number of hydrogen-bond donors (Lipinski definition) is 1. The number of aromatic nitrogens is 1. The van der Waals surface area contributed by atoms with E-state index in [1.165, 1.54) is 24.5 Å². The van der Waals surface area contributed by atoms with Gasteiger partial charge >= 0.3 is 0 Å². The molecule has 1 fully saturated rings. The van der Waals surface area contributed by atoms with E-state index >= 15 is 0 Å². The highest BCUT2D eigenvalue weighted by Gasteiger charge is 2.11. The van der Waals surface area contributed by atoms with Crippen molar-refractivity contribution in [2.45, 2.75) is 13.0 Å². The molecular formula is C15H19N3S. The van der Waals surface area contributed by atoms with Crippen LogP contribution in [0.2, 0.25) is 0 Å². The third kappa shape index (κ3) is 3.01. The minimum absolute atomic E-state index is 0.838. The maximum Gasteiger partial charge on any atom is 0.0726 e. The molecule has 3 rings (SSSR count). The number of pyridine rings is 1. The number of nitrogens with two attached hydrogens (primary N) is 1. The van der Waals surface area contributed by atoms with Gasteiger partial charge in [-0.15, -0.1) is 0 Å². The smallest absolute Gasteiger partial charge is 0.0726 e. The summed E-state index contributed by atoms with van der Waals surface area (Å²) < 4.78 is 0. The zero-order chi connectivity index (χ0) is 13.1. The molecule has 0 atom stereocenters. The Morgan fingerprint density at radius 1 is 1.21 bits per heavy atom. The van der Waals surface area contributed by atoms with E-state index in [1.54, 1.807) is 0 Å². The van der Waals surface area contributed by atoms with E-state index in [2.05, 4.69) is 4.90 Å². The molecule has 0 saturated carbocycles. The van der Waals surface area contributed by atoms with Gasteiger partial charge in [-0.1, -0.05) is 18.2 Å². The summed E-state index contributed by atoms with van der Waals surface area (Å²) in [7, 11) is 0. The fourth-order valence-corrected chi connectivity index (χ4v) is 3.45. The van der Waals surface area contributed by atoms with Gasteiger partial charge in [-0.2, -0.15) is 11.8 Å². The second-order valence-corrected chi connectivity index (χ2v) is 6.19. The molecule has 0 unspecified atom stereocenters. The summed E-state index contributed by atoms with van der Waals surface area (Å²) >= 11 is 2.05. The van der Waals surface area contributed by atoms with E-state index in [0.29, 0.717) is 0 Å². The van der Waals surface area contributed by atoms with Crippen LogP contribution in [0.25, 0.3) is 10.9 Å². The summed E-state index contributed by atoms with van der Waals surface area (Å²) in [5.74, 6) is 2.51. The van der Waals surface area contributed by atoms with Crippen LogP contribution in [0.1, 0.15) is 12.1 Å². The molecule has 1 aromatic carbocycles. The molecule has 0 spiro atoms. The first-order chi connectivity index (χ1) is 9.33. The molecule has 3 nitrogen and oxygen atoms in total. The number of thioether (sulfide) groups is 1. The van der Waals surface area contributed by atoms with E-state index in [9.17, 15) is 0 Å². The maximum atomic E-state index is 6.13. The molecule has 1 aliphatic rings. The Morgan fingerprint density at radius 3 is 3.05 bits per heavy atom. The summed E-state index contributed by atoms with van der Waals surface area (Å²) in [5, 5.41) is 1.05. The highest BCUT2D eigenvalue weighted by Crippen LogP contribution is 2.21. The fourth-order valence-electron chi connectivity index (χ4n) is 2.53. The van der Waals surface area contributed by atoms with Gasteiger partial charge < -0.3 is 5.73 Å². The van der Waals surface area contributed by atoms with Crippen LogP contribution in [-0.2, 0) is 6.54 Å². The van der Waals surface area contributed by atoms with Crippen molar-refractivity contribution >= 4 is 28.4 Å². The molecule has 2 aromatic rings. The van der Waals surface area contributed by atoms with Crippen LogP contribution in [0.15, 0.2) is 30.3 Å². The summed E-state index contributed by atoms with van der Waals surface area (Å²) in [4.78, 5) is 7.21. The number of hydrogen-bond acceptors (Lipinski definition) is 4. The van der Waals surface area contributed by atoms with Crippen molar-refractivity contribution in [3.8, 4) is 0 Å². The summed E-state index contributed by atoms with van der Waals surface area (Å²) in [6.45, 7) is 3.23. The van der Waals surface area contributed by atoms with Crippen LogP contribution in [0, 0.1) is 0 Å². The van der Waals surface area contributed by atoms with Crippen molar-refractivity contribution in [2.75, 3.05) is 30.3 Å². The third-order valence-electron chi connectivity index (χ3n) is 3.50. The molecular weight excluding hydrogens is 254 g/mol. The first-order valence-corrected chi connectivity index (χ1v) is 7.92. The Morgan fingerprint density at radius 2 is 2.11 bits per heavy atom. The van der Waals surface area contributed by atoms with Crippen molar-refractivity contribution in [3.05, 3.63) is 36.0 Å². The Hall–Kier alpha value is -1.26. The predicted octanol–water partition coefficient (Wildman–Crippen LogP) is 2.76. The van der Waals surface area contributed by atoms with Gasteiger partial charge in [0.1, 0.15) is 0 Å². The van der Waals surface area contributed by atoms with Crippen molar-refractivity contribution in [2.24, 2.45) is 0 Å². The number of rotatable bonds is 2. The first-order valence-electron chi connectivity index (χ1n) is 6.77. The Kier molecular flexibility index (Phi) is 3.89. The predicted molar refractivity (Wildman–Crippen MR) is 83.4 cm³/mol. The van der Waals surface area contributed by atoms with Crippen LogP contribution in [0.4, 0.5) is 5.69 Å². The molecule has 0 bridgehead atoms. The van der Waals surface area contributed by atoms with E-state index < -0.39 is 0 Å². The molecule has 0 aliphatic carbocycles. The number of para-hydroxylation sites is 1. The van der Waals surface area contributed by atoms with E-state index in [0.717, 1.165) is 35.4 Å². The Balaban J connectivity index is 1.84. The minimum Gasteiger partial charge on any atom is -0.398 e. The normalized spacial score (nSPS) is 17.5. The molecule has 1 aliphatic heterocycles. The van der Waals surface area contributed by atoms with Gasteiger partial charge in [-0.25, -0.2) is 0 Å².